The van der Waals surface area contributed by atoms with Crippen molar-refractivity contribution in [2.45, 2.75) is 18.8 Å². The second-order valence-electron chi connectivity index (χ2n) is 5.32. The number of halogens is 1. The molecule has 1 aliphatic rings. The molecule has 1 atom stereocenters. The fraction of sp³-hybridized carbons (Fsp3) is 0.222. The topological polar surface area (TPSA) is 43.4 Å². The number of rotatable bonds is 3. The van der Waals surface area contributed by atoms with E-state index in [1.54, 1.807) is 24.3 Å². The van der Waals surface area contributed by atoms with E-state index in [0.29, 0.717) is 29.0 Å². The van der Waals surface area contributed by atoms with Gasteiger partial charge in [-0.2, -0.15) is 0 Å². The van der Waals surface area contributed by atoms with Crippen LogP contribution in [0.15, 0.2) is 42.5 Å². The van der Waals surface area contributed by atoms with Crippen LogP contribution in [-0.4, -0.2) is 18.9 Å². The average Bonchev–Trinajstić information content (AvgIpc) is 2.98. The van der Waals surface area contributed by atoms with Crippen LogP contribution >= 0.6 is 11.6 Å². The van der Waals surface area contributed by atoms with Crippen molar-refractivity contribution in [3.8, 4) is 0 Å². The first kappa shape index (κ1) is 14.8. The summed E-state index contributed by atoms with van der Waals surface area (Å²) < 4.78 is 4.85. The van der Waals surface area contributed by atoms with E-state index in [2.05, 4.69) is 0 Å². The van der Waals surface area contributed by atoms with Crippen LogP contribution in [-0.2, 0) is 16.0 Å². The Morgan fingerprint density at radius 2 is 1.86 bits per heavy atom. The smallest absolute Gasteiger partial charge is 0.313 e. The van der Waals surface area contributed by atoms with E-state index in [9.17, 15) is 9.59 Å². The Morgan fingerprint density at radius 1 is 1.14 bits per heavy atom. The van der Waals surface area contributed by atoms with Crippen LogP contribution in [0.25, 0.3) is 0 Å². The molecule has 0 spiro atoms. The Morgan fingerprint density at radius 3 is 2.55 bits per heavy atom. The third-order valence-electron chi connectivity index (χ3n) is 4.11. The second kappa shape index (κ2) is 5.93. The van der Waals surface area contributed by atoms with Gasteiger partial charge < -0.3 is 4.74 Å². The second-order valence-corrected chi connectivity index (χ2v) is 5.76. The lowest BCUT2D eigenvalue weighted by Gasteiger charge is -2.11. The molecule has 0 aromatic heterocycles. The van der Waals surface area contributed by atoms with E-state index in [0.717, 1.165) is 11.1 Å². The number of fused-ring (bicyclic) bond motifs is 1. The van der Waals surface area contributed by atoms with Gasteiger partial charge in [-0.15, -0.1) is 0 Å². The molecule has 2 aromatic carbocycles. The minimum absolute atomic E-state index is 0.0426. The maximum absolute atomic E-state index is 12.7. The average molecular weight is 315 g/mol. The van der Waals surface area contributed by atoms with Crippen molar-refractivity contribution in [2.24, 2.45) is 0 Å². The molecule has 112 valence electrons. The van der Waals surface area contributed by atoms with Crippen molar-refractivity contribution < 1.29 is 14.3 Å². The highest BCUT2D eigenvalue weighted by Crippen LogP contribution is 2.36. The Bertz CT molecular complexity index is 734. The monoisotopic (exact) mass is 314 g/mol. The first-order valence-corrected chi connectivity index (χ1v) is 7.49. The third kappa shape index (κ3) is 2.53. The third-order valence-corrected chi connectivity index (χ3v) is 4.36. The lowest BCUT2D eigenvalue weighted by atomic mass is 9.94. The minimum Gasteiger partial charge on any atom is -0.469 e. The number of hydrogen-bond donors (Lipinski definition) is 0. The Kier molecular flexibility index (Phi) is 3.99. The summed E-state index contributed by atoms with van der Waals surface area (Å²) in [6, 6.07) is 12.4. The number of methoxy groups -OCH3 is 1. The van der Waals surface area contributed by atoms with Gasteiger partial charge in [-0.3, -0.25) is 9.59 Å². The molecule has 0 N–H and O–H groups in total. The molecule has 0 saturated carbocycles. The first-order valence-electron chi connectivity index (χ1n) is 7.11. The molecule has 2 aromatic rings. The number of hydrogen-bond acceptors (Lipinski definition) is 3. The van der Waals surface area contributed by atoms with Gasteiger partial charge in [0.05, 0.1) is 13.0 Å². The Balaban J connectivity index is 2.00. The Hall–Kier alpha value is -2.13. The molecule has 0 fully saturated rings. The zero-order chi connectivity index (χ0) is 15.7. The molecule has 1 aliphatic carbocycles. The highest BCUT2D eigenvalue weighted by Gasteiger charge is 2.32. The van der Waals surface area contributed by atoms with Crippen LogP contribution in [0.4, 0.5) is 0 Å². The Labute approximate surface area is 133 Å². The lowest BCUT2D eigenvalue weighted by Crippen LogP contribution is -2.11. The van der Waals surface area contributed by atoms with Crippen molar-refractivity contribution >= 4 is 23.4 Å². The molecular weight excluding hydrogens is 300 g/mol. The van der Waals surface area contributed by atoms with Gasteiger partial charge in [0.2, 0.25) is 0 Å². The van der Waals surface area contributed by atoms with Gasteiger partial charge in [0.25, 0.3) is 0 Å². The molecule has 0 saturated heterocycles. The fourth-order valence-corrected chi connectivity index (χ4v) is 3.14. The van der Waals surface area contributed by atoms with Crippen molar-refractivity contribution in [3.63, 3.8) is 0 Å². The van der Waals surface area contributed by atoms with Crippen molar-refractivity contribution in [1.82, 2.24) is 0 Å². The van der Waals surface area contributed by atoms with Crippen LogP contribution in [0, 0.1) is 0 Å². The summed E-state index contributed by atoms with van der Waals surface area (Å²) in [6.45, 7) is 0. The molecule has 0 bridgehead atoms. The van der Waals surface area contributed by atoms with Crippen LogP contribution in [0.3, 0.4) is 0 Å². The number of carbonyl (C=O) groups is 2. The van der Waals surface area contributed by atoms with Crippen LogP contribution in [0.5, 0.6) is 0 Å². The largest absolute Gasteiger partial charge is 0.469 e. The predicted molar refractivity (Wildman–Crippen MR) is 84.4 cm³/mol. The highest BCUT2D eigenvalue weighted by atomic mass is 35.5. The van der Waals surface area contributed by atoms with E-state index in [4.69, 9.17) is 16.3 Å². The van der Waals surface area contributed by atoms with Crippen molar-refractivity contribution in [1.29, 1.82) is 0 Å². The fourth-order valence-electron chi connectivity index (χ4n) is 3.01. The highest BCUT2D eigenvalue weighted by molar-refractivity contribution is 6.30. The first-order chi connectivity index (χ1) is 10.6. The van der Waals surface area contributed by atoms with Crippen LogP contribution < -0.4 is 0 Å². The van der Waals surface area contributed by atoms with Gasteiger partial charge in [-0.05, 0) is 48.2 Å². The molecule has 0 heterocycles. The molecule has 1 unspecified atom stereocenters. The summed E-state index contributed by atoms with van der Waals surface area (Å²) in [6.07, 6.45) is 1.40. The predicted octanol–water partition coefficient (Wildman–Crippen LogP) is 3.77. The summed E-state index contributed by atoms with van der Waals surface area (Å²) in [7, 11) is 1.39. The number of esters is 1. The van der Waals surface area contributed by atoms with Crippen LogP contribution in [0.2, 0.25) is 5.02 Å². The van der Waals surface area contributed by atoms with Gasteiger partial charge in [0, 0.05) is 16.1 Å². The van der Waals surface area contributed by atoms with Gasteiger partial charge >= 0.3 is 5.97 Å². The van der Waals surface area contributed by atoms with E-state index < -0.39 is 0 Å². The molecule has 22 heavy (non-hydrogen) atoms. The van der Waals surface area contributed by atoms with E-state index in [-0.39, 0.29) is 17.7 Å². The molecule has 3 rings (SSSR count). The van der Waals surface area contributed by atoms with Crippen molar-refractivity contribution in [2.75, 3.05) is 7.11 Å². The van der Waals surface area contributed by atoms with E-state index in [1.165, 1.54) is 7.11 Å². The van der Waals surface area contributed by atoms with Gasteiger partial charge in [-0.25, -0.2) is 0 Å². The molecule has 3 nitrogen and oxygen atoms in total. The molecule has 4 heteroatoms. The van der Waals surface area contributed by atoms with E-state index in [1.807, 2.05) is 18.2 Å². The minimum atomic E-state index is -0.266. The van der Waals surface area contributed by atoms with Gasteiger partial charge in [-0.1, -0.05) is 29.8 Å². The molecular formula is C18H15ClO3. The summed E-state index contributed by atoms with van der Waals surface area (Å²) in [5.41, 5.74) is 3.12. The maximum Gasteiger partial charge on any atom is 0.313 e. The number of carbonyl (C=O) groups excluding carboxylic acids is 2. The number of ketones is 1. The number of benzene rings is 2. The normalized spacial score (nSPS) is 16.2. The summed E-state index contributed by atoms with van der Waals surface area (Å²) in [5.74, 6) is -0.549. The molecule has 0 aliphatic heterocycles. The zero-order valence-corrected chi connectivity index (χ0v) is 12.9. The quantitative estimate of drug-likeness (QED) is 0.640. The SMILES string of the molecule is COC(=O)C1CCc2c(C(=O)c3ccc(Cl)cc3)cccc21. The summed E-state index contributed by atoms with van der Waals surface area (Å²) in [5, 5.41) is 0.598. The summed E-state index contributed by atoms with van der Waals surface area (Å²) in [4.78, 5) is 24.5. The van der Waals surface area contributed by atoms with Crippen molar-refractivity contribution in [3.05, 3.63) is 69.7 Å². The van der Waals surface area contributed by atoms with Crippen LogP contribution in [0.1, 0.15) is 39.4 Å². The lowest BCUT2D eigenvalue weighted by molar-refractivity contribution is -0.142. The maximum atomic E-state index is 12.7. The molecule has 0 radical (unpaired) electrons. The van der Waals surface area contributed by atoms with E-state index >= 15 is 0 Å². The van der Waals surface area contributed by atoms with Gasteiger partial charge in [0.1, 0.15) is 0 Å². The van der Waals surface area contributed by atoms with Gasteiger partial charge in [0.15, 0.2) is 5.78 Å². The molecule has 0 amide bonds. The zero-order valence-electron chi connectivity index (χ0n) is 12.1. The summed E-state index contributed by atoms with van der Waals surface area (Å²) >= 11 is 5.86. The number of ether oxygens (including phenoxy) is 1. The standard InChI is InChI=1S/C18H15ClO3/c1-22-18(21)16-10-9-14-13(16)3-2-4-15(14)17(20)11-5-7-12(19)8-6-11/h2-8,16H,9-10H2,1H3.